The first-order chi connectivity index (χ1) is 13.9. The largest absolute Gasteiger partial charge is 0.480 e. The average Bonchev–Trinajstić information content (AvgIpc) is 2.71. The molecule has 29 heavy (non-hydrogen) atoms. The molecule has 0 bridgehead atoms. The molecule has 7 nitrogen and oxygen atoms in total. The van der Waals surface area contributed by atoms with E-state index in [1.165, 1.54) is 0 Å². The number of carboxylic acids is 1. The Morgan fingerprint density at radius 1 is 0.897 bits per heavy atom. The predicted molar refractivity (Wildman–Crippen MR) is 108 cm³/mol. The van der Waals surface area contributed by atoms with Crippen LogP contribution >= 0.6 is 0 Å². The maximum atomic E-state index is 12.7. The van der Waals surface area contributed by atoms with Crippen LogP contribution in [0.5, 0.6) is 0 Å². The number of alkyl carbamates (subject to hydrolysis) is 1. The van der Waals surface area contributed by atoms with Crippen LogP contribution in [0.4, 0.5) is 4.79 Å². The van der Waals surface area contributed by atoms with Crippen molar-refractivity contribution in [2.24, 2.45) is 5.92 Å². The lowest BCUT2D eigenvalue weighted by atomic mass is 10.0. The van der Waals surface area contributed by atoms with Crippen LogP contribution in [0.15, 0.2) is 60.7 Å². The van der Waals surface area contributed by atoms with Crippen molar-refractivity contribution in [3.05, 3.63) is 71.8 Å². The van der Waals surface area contributed by atoms with Gasteiger partial charge in [-0.05, 0) is 17.0 Å². The Morgan fingerprint density at radius 3 is 1.97 bits per heavy atom. The fourth-order valence-electron chi connectivity index (χ4n) is 2.73. The summed E-state index contributed by atoms with van der Waals surface area (Å²) < 4.78 is 5.20. The summed E-state index contributed by atoms with van der Waals surface area (Å²) in [6.07, 6.45) is -0.543. The highest BCUT2D eigenvalue weighted by Crippen LogP contribution is 2.08. The van der Waals surface area contributed by atoms with Gasteiger partial charge in [0.15, 0.2) is 0 Å². The summed E-state index contributed by atoms with van der Waals surface area (Å²) in [6, 6.07) is 16.3. The van der Waals surface area contributed by atoms with Crippen LogP contribution in [0.3, 0.4) is 0 Å². The van der Waals surface area contributed by atoms with Crippen molar-refractivity contribution < 1.29 is 24.2 Å². The molecule has 154 valence electrons. The summed E-state index contributed by atoms with van der Waals surface area (Å²) in [6.45, 7) is 3.47. The number of carbonyl (C=O) groups excluding carboxylic acids is 2. The van der Waals surface area contributed by atoms with Gasteiger partial charge in [0.1, 0.15) is 18.7 Å². The highest BCUT2D eigenvalue weighted by Gasteiger charge is 2.29. The molecule has 3 N–H and O–H groups in total. The molecule has 0 aromatic heterocycles. The first-order valence-electron chi connectivity index (χ1n) is 9.41. The Hall–Kier alpha value is -3.35. The van der Waals surface area contributed by atoms with Crippen LogP contribution in [-0.2, 0) is 27.4 Å². The molecule has 7 heteroatoms. The van der Waals surface area contributed by atoms with Crippen molar-refractivity contribution in [3.63, 3.8) is 0 Å². The molecule has 2 atom stereocenters. The number of benzene rings is 2. The predicted octanol–water partition coefficient (Wildman–Crippen LogP) is 2.75. The van der Waals surface area contributed by atoms with E-state index in [2.05, 4.69) is 10.6 Å². The molecule has 2 amide bonds. The monoisotopic (exact) mass is 398 g/mol. The molecular formula is C22H26N2O5. The van der Waals surface area contributed by atoms with E-state index in [4.69, 9.17) is 4.74 Å². The van der Waals surface area contributed by atoms with Crippen molar-refractivity contribution in [2.75, 3.05) is 0 Å². The van der Waals surface area contributed by atoms with Gasteiger partial charge in [-0.25, -0.2) is 9.59 Å². The summed E-state index contributed by atoms with van der Waals surface area (Å²) in [5.74, 6) is -2.01. The fraction of sp³-hybridized carbons (Fsp3) is 0.318. The van der Waals surface area contributed by atoms with E-state index < -0.39 is 30.1 Å². The lowest BCUT2D eigenvalue weighted by molar-refractivity contribution is -0.143. The number of carboxylic acid groups (broad SMARTS) is 1. The molecule has 0 fully saturated rings. The van der Waals surface area contributed by atoms with E-state index in [1.807, 2.05) is 60.7 Å². The molecule has 0 spiro atoms. The van der Waals surface area contributed by atoms with Crippen molar-refractivity contribution >= 4 is 18.0 Å². The molecule has 0 saturated carbocycles. The summed E-state index contributed by atoms with van der Waals surface area (Å²) in [4.78, 5) is 36.4. The second-order valence-corrected chi connectivity index (χ2v) is 7.02. The smallest absolute Gasteiger partial charge is 0.408 e. The number of hydrogen-bond acceptors (Lipinski definition) is 4. The Kier molecular flexibility index (Phi) is 8.21. The zero-order valence-electron chi connectivity index (χ0n) is 16.5. The SMILES string of the molecule is CC(C)[C@H](NC(=O)[C@@H](Cc1ccccc1)NC(=O)OCc1ccccc1)C(=O)O. The van der Waals surface area contributed by atoms with Gasteiger partial charge >= 0.3 is 12.1 Å². The van der Waals surface area contributed by atoms with Crippen molar-refractivity contribution in [1.29, 1.82) is 0 Å². The molecule has 0 aliphatic carbocycles. The van der Waals surface area contributed by atoms with Crippen LogP contribution in [0.2, 0.25) is 0 Å². The van der Waals surface area contributed by atoms with Crippen molar-refractivity contribution in [2.45, 2.75) is 39.0 Å². The van der Waals surface area contributed by atoms with E-state index in [-0.39, 0.29) is 18.9 Å². The molecular weight excluding hydrogens is 372 g/mol. The third-order valence-electron chi connectivity index (χ3n) is 4.33. The molecule has 0 radical (unpaired) electrons. The second-order valence-electron chi connectivity index (χ2n) is 7.02. The zero-order valence-corrected chi connectivity index (χ0v) is 16.5. The number of aliphatic carboxylic acids is 1. The molecule has 2 aromatic carbocycles. The normalized spacial score (nSPS) is 12.7. The molecule has 0 saturated heterocycles. The molecule has 0 aliphatic rings. The first-order valence-corrected chi connectivity index (χ1v) is 9.41. The van der Waals surface area contributed by atoms with Gasteiger partial charge in [0.2, 0.25) is 5.91 Å². The Labute approximate surface area is 170 Å². The van der Waals surface area contributed by atoms with Crippen molar-refractivity contribution in [1.82, 2.24) is 10.6 Å². The van der Waals surface area contributed by atoms with Gasteiger partial charge in [0.25, 0.3) is 0 Å². The van der Waals surface area contributed by atoms with Gasteiger partial charge in [-0.3, -0.25) is 4.79 Å². The standard InChI is InChI=1S/C22H26N2O5/c1-15(2)19(21(26)27)24-20(25)18(13-16-9-5-3-6-10-16)23-22(28)29-14-17-11-7-4-8-12-17/h3-12,15,18-19H,13-14H2,1-2H3,(H,23,28)(H,24,25)(H,26,27)/t18-,19+/m1/s1. The average molecular weight is 398 g/mol. The molecule has 0 unspecified atom stereocenters. The minimum Gasteiger partial charge on any atom is -0.480 e. The Bertz CT molecular complexity index is 808. The van der Waals surface area contributed by atoms with Crippen LogP contribution in [-0.4, -0.2) is 35.2 Å². The lowest BCUT2D eigenvalue weighted by Gasteiger charge is -2.23. The fourth-order valence-corrected chi connectivity index (χ4v) is 2.73. The van der Waals surface area contributed by atoms with Gasteiger partial charge < -0.3 is 20.5 Å². The van der Waals surface area contributed by atoms with Gasteiger partial charge in [0.05, 0.1) is 0 Å². The summed E-state index contributed by atoms with van der Waals surface area (Å²) in [5, 5.41) is 14.4. The number of rotatable bonds is 9. The lowest BCUT2D eigenvalue weighted by Crippen LogP contribution is -2.53. The van der Waals surface area contributed by atoms with Gasteiger partial charge in [0, 0.05) is 6.42 Å². The number of nitrogens with one attached hydrogen (secondary N) is 2. The van der Waals surface area contributed by atoms with E-state index in [0.717, 1.165) is 11.1 Å². The quantitative estimate of drug-likeness (QED) is 0.602. The van der Waals surface area contributed by atoms with Crippen LogP contribution in [0, 0.1) is 5.92 Å². The van der Waals surface area contributed by atoms with Crippen LogP contribution in [0.1, 0.15) is 25.0 Å². The highest BCUT2D eigenvalue weighted by atomic mass is 16.5. The topological polar surface area (TPSA) is 105 Å². The summed E-state index contributed by atoms with van der Waals surface area (Å²) in [7, 11) is 0. The van der Waals surface area contributed by atoms with Crippen LogP contribution < -0.4 is 10.6 Å². The number of amides is 2. The van der Waals surface area contributed by atoms with E-state index in [1.54, 1.807) is 13.8 Å². The van der Waals surface area contributed by atoms with Gasteiger partial charge in [-0.15, -0.1) is 0 Å². The number of ether oxygens (including phenoxy) is 1. The van der Waals surface area contributed by atoms with E-state index in [9.17, 15) is 19.5 Å². The van der Waals surface area contributed by atoms with Gasteiger partial charge in [-0.1, -0.05) is 74.5 Å². The summed E-state index contributed by atoms with van der Waals surface area (Å²) in [5.41, 5.74) is 1.64. The Balaban J connectivity index is 2.06. The molecule has 0 heterocycles. The highest BCUT2D eigenvalue weighted by molar-refractivity contribution is 5.89. The first kappa shape index (κ1) is 21.9. The minimum absolute atomic E-state index is 0.0656. The van der Waals surface area contributed by atoms with E-state index >= 15 is 0 Å². The third kappa shape index (κ3) is 7.29. The Morgan fingerprint density at radius 2 is 1.45 bits per heavy atom. The van der Waals surface area contributed by atoms with Crippen LogP contribution in [0.25, 0.3) is 0 Å². The maximum absolute atomic E-state index is 12.7. The minimum atomic E-state index is -1.13. The number of hydrogen-bond donors (Lipinski definition) is 3. The molecule has 2 rings (SSSR count). The molecule has 0 aliphatic heterocycles. The van der Waals surface area contributed by atoms with Crippen molar-refractivity contribution in [3.8, 4) is 0 Å². The second kappa shape index (κ2) is 10.8. The molecule has 2 aromatic rings. The van der Waals surface area contributed by atoms with E-state index in [0.29, 0.717) is 0 Å². The zero-order chi connectivity index (χ0) is 21.2. The summed E-state index contributed by atoms with van der Waals surface area (Å²) >= 11 is 0. The van der Waals surface area contributed by atoms with Gasteiger partial charge in [-0.2, -0.15) is 0 Å². The number of carbonyl (C=O) groups is 3. The third-order valence-corrected chi connectivity index (χ3v) is 4.33. The maximum Gasteiger partial charge on any atom is 0.408 e.